The minimum Gasteiger partial charge on any atom is -0.466 e. The lowest BCUT2D eigenvalue weighted by atomic mass is 10.2. The van der Waals surface area contributed by atoms with E-state index in [-0.39, 0.29) is 17.9 Å². The number of hydrogen-bond donors (Lipinski definition) is 2. The van der Waals surface area contributed by atoms with Crippen LogP contribution >= 0.6 is 0 Å². The zero-order chi connectivity index (χ0) is 12.4. The molecule has 0 bridgehead atoms. The van der Waals surface area contributed by atoms with E-state index in [0.717, 1.165) is 0 Å². The first kappa shape index (κ1) is 14.9. The molecule has 0 aliphatic heterocycles. The normalized spacial score (nSPS) is 11.9. The van der Waals surface area contributed by atoms with Gasteiger partial charge in [0.2, 0.25) is 5.91 Å². The Hall–Kier alpha value is -1.10. The molecule has 0 saturated carbocycles. The predicted octanol–water partition coefficient (Wildman–Crippen LogP) is 0.444. The molecule has 1 unspecified atom stereocenters. The van der Waals surface area contributed by atoms with Crippen molar-refractivity contribution in [2.75, 3.05) is 19.7 Å². The Labute approximate surface area is 96.9 Å². The van der Waals surface area contributed by atoms with Gasteiger partial charge in [-0.2, -0.15) is 0 Å². The Bertz CT molecular complexity index is 219. The molecule has 0 aromatic carbocycles. The minimum absolute atomic E-state index is 0.0262. The number of carbonyl (C=O) groups excluding carboxylic acids is 2. The number of carbonyl (C=O) groups is 2. The third kappa shape index (κ3) is 8.23. The third-order valence-corrected chi connectivity index (χ3v) is 2.00. The van der Waals surface area contributed by atoms with Crippen molar-refractivity contribution in [2.45, 2.75) is 39.7 Å². The van der Waals surface area contributed by atoms with Crippen LogP contribution in [0.5, 0.6) is 0 Å². The second-order valence-corrected chi connectivity index (χ2v) is 3.57. The molecule has 0 fully saturated rings. The number of amides is 1. The van der Waals surface area contributed by atoms with Gasteiger partial charge < -0.3 is 15.4 Å². The van der Waals surface area contributed by atoms with E-state index in [9.17, 15) is 9.59 Å². The molecule has 2 N–H and O–H groups in total. The topological polar surface area (TPSA) is 67.4 Å². The van der Waals surface area contributed by atoms with Crippen LogP contribution in [0.25, 0.3) is 0 Å². The van der Waals surface area contributed by atoms with Crippen molar-refractivity contribution >= 4 is 11.9 Å². The van der Waals surface area contributed by atoms with Gasteiger partial charge in [0.15, 0.2) is 0 Å². The Morgan fingerprint density at radius 2 is 2.00 bits per heavy atom. The van der Waals surface area contributed by atoms with Crippen LogP contribution in [-0.4, -0.2) is 37.6 Å². The van der Waals surface area contributed by atoms with Gasteiger partial charge in [-0.1, -0.05) is 0 Å². The van der Waals surface area contributed by atoms with Crippen LogP contribution in [0.15, 0.2) is 0 Å². The monoisotopic (exact) mass is 230 g/mol. The molecular formula is C11H22N2O3. The van der Waals surface area contributed by atoms with E-state index >= 15 is 0 Å². The molecule has 0 spiro atoms. The first-order valence-corrected chi connectivity index (χ1v) is 5.75. The van der Waals surface area contributed by atoms with Crippen molar-refractivity contribution in [1.29, 1.82) is 0 Å². The lowest BCUT2D eigenvalue weighted by molar-refractivity contribution is -0.143. The zero-order valence-electron chi connectivity index (χ0n) is 10.3. The number of nitrogens with one attached hydrogen (secondary N) is 2. The molecule has 16 heavy (non-hydrogen) atoms. The second-order valence-electron chi connectivity index (χ2n) is 3.57. The van der Waals surface area contributed by atoms with E-state index < -0.39 is 0 Å². The summed E-state index contributed by atoms with van der Waals surface area (Å²) in [5.41, 5.74) is 0. The number of ether oxygens (including phenoxy) is 1. The predicted molar refractivity (Wildman–Crippen MR) is 62.0 cm³/mol. The fourth-order valence-electron chi connectivity index (χ4n) is 1.26. The molecule has 5 heteroatoms. The second kappa shape index (κ2) is 9.15. The van der Waals surface area contributed by atoms with Crippen LogP contribution in [0.1, 0.15) is 33.6 Å². The first-order valence-electron chi connectivity index (χ1n) is 5.75. The fourth-order valence-corrected chi connectivity index (χ4v) is 1.26. The van der Waals surface area contributed by atoms with Crippen molar-refractivity contribution < 1.29 is 14.3 Å². The molecule has 0 aliphatic carbocycles. The van der Waals surface area contributed by atoms with E-state index in [2.05, 4.69) is 10.6 Å². The van der Waals surface area contributed by atoms with Crippen molar-refractivity contribution in [3.8, 4) is 0 Å². The fraction of sp³-hybridized carbons (Fsp3) is 0.818. The van der Waals surface area contributed by atoms with E-state index in [1.54, 1.807) is 6.92 Å². The van der Waals surface area contributed by atoms with Crippen LogP contribution in [0.3, 0.4) is 0 Å². The lowest BCUT2D eigenvalue weighted by Gasteiger charge is -2.12. The average Bonchev–Trinajstić information content (AvgIpc) is 2.18. The van der Waals surface area contributed by atoms with Crippen molar-refractivity contribution in [2.24, 2.45) is 0 Å². The van der Waals surface area contributed by atoms with E-state index in [0.29, 0.717) is 32.5 Å². The minimum atomic E-state index is -0.208. The molecular weight excluding hydrogens is 208 g/mol. The Kier molecular flexibility index (Phi) is 8.52. The van der Waals surface area contributed by atoms with Gasteiger partial charge in [0.05, 0.1) is 13.0 Å². The van der Waals surface area contributed by atoms with Crippen LogP contribution in [-0.2, 0) is 14.3 Å². The standard InChI is InChI=1S/C11H22N2O3/c1-4-12-10(14)6-7-13-9(3)8-11(15)16-5-2/h9,13H,4-8H2,1-3H3,(H,12,14). The number of rotatable bonds is 8. The molecule has 94 valence electrons. The Balaban J connectivity index is 3.53. The Morgan fingerprint density at radius 3 is 2.56 bits per heavy atom. The largest absolute Gasteiger partial charge is 0.466 e. The quantitative estimate of drug-likeness (QED) is 0.594. The summed E-state index contributed by atoms with van der Waals surface area (Å²) in [5, 5.41) is 5.81. The molecule has 1 atom stereocenters. The van der Waals surface area contributed by atoms with Crippen molar-refractivity contribution in [3.05, 3.63) is 0 Å². The van der Waals surface area contributed by atoms with Gasteiger partial charge in [0.25, 0.3) is 0 Å². The molecule has 0 aromatic rings. The summed E-state index contributed by atoms with van der Waals surface area (Å²) in [6.45, 7) is 7.20. The maximum absolute atomic E-state index is 11.1. The molecule has 5 nitrogen and oxygen atoms in total. The van der Waals surface area contributed by atoms with E-state index in [4.69, 9.17) is 4.74 Å². The molecule has 0 heterocycles. The smallest absolute Gasteiger partial charge is 0.307 e. The summed E-state index contributed by atoms with van der Waals surface area (Å²) in [5.74, 6) is -0.182. The van der Waals surface area contributed by atoms with E-state index in [1.807, 2.05) is 13.8 Å². The van der Waals surface area contributed by atoms with Gasteiger partial charge in [0, 0.05) is 25.6 Å². The van der Waals surface area contributed by atoms with Crippen molar-refractivity contribution in [3.63, 3.8) is 0 Å². The zero-order valence-corrected chi connectivity index (χ0v) is 10.3. The van der Waals surface area contributed by atoms with Gasteiger partial charge >= 0.3 is 5.97 Å². The summed E-state index contributed by atoms with van der Waals surface area (Å²) < 4.78 is 4.82. The molecule has 0 radical (unpaired) electrons. The molecule has 0 saturated heterocycles. The van der Waals surface area contributed by atoms with Crippen molar-refractivity contribution in [1.82, 2.24) is 10.6 Å². The third-order valence-electron chi connectivity index (χ3n) is 2.00. The lowest BCUT2D eigenvalue weighted by Crippen LogP contribution is -2.33. The summed E-state index contributed by atoms with van der Waals surface area (Å²) >= 11 is 0. The van der Waals surface area contributed by atoms with Gasteiger partial charge in [-0.05, 0) is 20.8 Å². The highest BCUT2D eigenvalue weighted by Crippen LogP contribution is 1.94. The summed E-state index contributed by atoms with van der Waals surface area (Å²) in [6.07, 6.45) is 0.768. The maximum Gasteiger partial charge on any atom is 0.307 e. The van der Waals surface area contributed by atoms with E-state index in [1.165, 1.54) is 0 Å². The van der Waals surface area contributed by atoms with Gasteiger partial charge in [-0.25, -0.2) is 0 Å². The van der Waals surface area contributed by atoms with Gasteiger partial charge in [0.1, 0.15) is 0 Å². The number of esters is 1. The van der Waals surface area contributed by atoms with Crippen LogP contribution in [0.2, 0.25) is 0 Å². The summed E-state index contributed by atoms with van der Waals surface area (Å²) in [6, 6.07) is 0.0356. The molecule has 0 aliphatic rings. The van der Waals surface area contributed by atoms with Crippen LogP contribution < -0.4 is 10.6 Å². The maximum atomic E-state index is 11.1. The number of hydrogen-bond acceptors (Lipinski definition) is 4. The Morgan fingerprint density at radius 1 is 1.31 bits per heavy atom. The van der Waals surface area contributed by atoms with Gasteiger partial charge in [-0.15, -0.1) is 0 Å². The van der Waals surface area contributed by atoms with Crippen LogP contribution in [0, 0.1) is 0 Å². The SMILES string of the molecule is CCNC(=O)CCNC(C)CC(=O)OCC. The first-order chi connectivity index (χ1) is 7.60. The molecule has 0 rings (SSSR count). The molecule has 1 amide bonds. The van der Waals surface area contributed by atoms with Gasteiger partial charge in [-0.3, -0.25) is 9.59 Å². The average molecular weight is 230 g/mol. The highest BCUT2D eigenvalue weighted by molar-refractivity contribution is 5.76. The summed E-state index contributed by atoms with van der Waals surface area (Å²) in [4.78, 5) is 22.2. The summed E-state index contributed by atoms with van der Waals surface area (Å²) in [7, 11) is 0. The molecule has 0 aromatic heterocycles. The highest BCUT2D eigenvalue weighted by atomic mass is 16.5. The van der Waals surface area contributed by atoms with Crippen LogP contribution in [0.4, 0.5) is 0 Å². The highest BCUT2D eigenvalue weighted by Gasteiger charge is 2.09.